The summed E-state index contributed by atoms with van der Waals surface area (Å²) in [6, 6.07) is 5.24. The molecule has 0 saturated carbocycles. The number of hydrogen-bond acceptors (Lipinski definition) is 3. The number of hydrogen-bond donors (Lipinski definition) is 2. The van der Waals surface area contributed by atoms with Crippen LogP contribution in [0.15, 0.2) is 18.2 Å². The predicted molar refractivity (Wildman–Crippen MR) is 76.8 cm³/mol. The topological polar surface area (TPSA) is 66.0 Å². The van der Waals surface area contributed by atoms with E-state index in [1.165, 1.54) is 24.3 Å². The van der Waals surface area contributed by atoms with Crippen molar-refractivity contribution in [3.8, 4) is 0 Å². The van der Waals surface area contributed by atoms with Gasteiger partial charge in [0, 0.05) is 6.42 Å². The minimum atomic E-state index is -0.919. The number of rotatable bonds is 3. The molecule has 0 amide bonds. The Kier molecular flexibility index (Phi) is 3.46. The van der Waals surface area contributed by atoms with Crippen LogP contribution >= 0.6 is 11.8 Å². The van der Waals surface area contributed by atoms with Gasteiger partial charge in [0.05, 0.1) is 11.1 Å². The highest BCUT2D eigenvalue weighted by Crippen LogP contribution is 2.26. The van der Waals surface area contributed by atoms with Gasteiger partial charge in [0.25, 0.3) is 0 Å². The van der Waals surface area contributed by atoms with Crippen LogP contribution in [0.25, 0.3) is 11.0 Å². The van der Waals surface area contributed by atoms with Crippen LogP contribution in [0.3, 0.4) is 0 Å². The Bertz CT molecular complexity index is 603. The Balaban J connectivity index is 1.88. The molecule has 19 heavy (non-hydrogen) atoms. The largest absolute Gasteiger partial charge is 0.478 e. The lowest BCUT2D eigenvalue weighted by molar-refractivity contribution is 0.0699. The summed E-state index contributed by atoms with van der Waals surface area (Å²) in [6.07, 6.45) is 3.38. The van der Waals surface area contributed by atoms with Gasteiger partial charge in [0.2, 0.25) is 0 Å². The van der Waals surface area contributed by atoms with E-state index in [4.69, 9.17) is 5.11 Å². The van der Waals surface area contributed by atoms with E-state index >= 15 is 0 Å². The summed E-state index contributed by atoms with van der Waals surface area (Å²) in [7, 11) is 0. The van der Waals surface area contributed by atoms with E-state index in [1.807, 2.05) is 17.8 Å². The third-order valence-corrected chi connectivity index (χ3v) is 4.66. The molecule has 1 aromatic carbocycles. The molecule has 0 atom stereocenters. The van der Waals surface area contributed by atoms with E-state index in [0.29, 0.717) is 11.4 Å². The van der Waals surface area contributed by atoms with E-state index in [1.54, 1.807) is 12.1 Å². The van der Waals surface area contributed by atoms with Gasteiger partial charge in [-0.1, -0.05) is 6.07 Å². The average Bonchev–Trinajstić information content (AvgIpc) is 2.81. The predicted octanol–water partition coefficient (Wildman–Crippen LogP) is 2.95. The number of aromatic nitrogens is 2. The number of nitrogens with zero attached hydrogens (tertiary/aromatic N) is 1. The van der Waals surface area contributed by atoms with Crippen molar-refractivity contribution in [2.75, 3.05) is 11.5 Å². The molecule has 0 unspecified atom stereocenters. The summed E-state index contributed by atoms with van der Waals surface area (Å²) >= 11 is 2.01. The highest BCUT2D eigenvalue weighted by atomic mass is 32.2. The van der Waals surface area contributed by atoms with Crippen LogP contribution in [-0.4, -0.2) is 32.5 Å². The number of H-pyrrole nitrogens is 1. The maximum absolute atomic E-state index is 11.2. The maximum atomic E-state index is 11.2. The Morgan fingerprint density at radius 3 is 2.95 bits per heavy atom. The Labute approximate surface area is 115 Å². The first-order valence-corrected chi connectivity index (χ1v) is 7.68. The molecule has 1 aromatic heterocycles. The second kappa shape index (κ2) is 5.25. The average molecular weight is 276 g/mol. The van der Waals surface area contributed by atoms with Crippen molar-refractivity contribution in [1.29, 1.82) is 0 Å². The summed E-state index contributed by atoms with van der Waals surface area (Å²) < 4.78 is 0. The lowest BCUT2D eigenvalue weighted by Gasteiger charge is -2.19. The molecule has 100 valence electrons. The number of carbonyl (C=O) groups is 1. The van der Waals surface area contributed by atoms with Crippen molar-refractivity contribution in [2.45, 2.75) is 19.3 Å². The Morgan fingerprint density at radius 1 is 1.42 bits per heavy atom. The van der Waals surface area contributed by atoms with Gasteiger partial charge in [-0.2, -0.15) is 11.8 Å². The fourth-order valence-corrected chi connectivity index (χ4v) is 3.78. The first kappa shape index (κ1) is 12.5. The van der Waals surface area contributed by atoms with Gasteiger partial charge < -0.3 is 10.1 Å². The minimum Gasteiger partial charge on any atom is -0.478 e. The molecular formula is C14H16N2O2S. The zero-order chi connectivity index (χ0) is 13.2. The van der Waals surface area contributed by atoms with Crippen LogP contribution in [0, 0.1) is 5.92 Å². The van der Waals surface area contributed by atoms with Gasteiger partial charge in [0.15, 0.2) is 0 Å². The molecule has 1 aliphatic rings. The van der Waals surface area contributed by atoms with Crippen molar-refractivity contribution in [2.24, 2.45) is 5.92 Å². The van der Waals surface area contributed by atoms with Crippen LogP contribution in [0.2, 0.25) is 0 Å². The maximum Gasteiger partial charge on any atom is 0.337 e. The summed E-state index contributed by atoms with van der Waals surface area (Å²) in [5.74, 6) is 3.13. The molecular weight excluding hydrogens is 260 g/mol. The van der Waals surface area contributed by atoms with Crippen molar-refractivity contribution in [3.05, 3.63) is 29.6 Å². The van der Waals surface area contributed by atoms with E-state index in [2.05, 4.69) is 9.97 Å². The molecule has 4 nitrogen and oxygen atoms in total. The highest BCUT2D eigenvalue weighted by molar-refractivity contribution is 7.99. The van der Waals surface area contributed by atoms with Crippen LogP contribution in [0.1, 0.15) is 29.0 Å². The number of para-hydroxylation sites is 1. The SMILES string of the molecule is O=C(O)c1cccc2[nH]c(CC3CCSCC3)nc12. The van der Waals surface area contributed by atoms with Crippen LogP contribution in [0.4, 0.5) is 0 Å². The van der Waals surface area contributed by atoms with Gasteiger partial charge in [-0.15, -0.1) is 0 Å². The number of benzene rings is 1. The summed E-state index contributed by atoms with van der Waals surface area (Å²) in [5, 5.41) is 9.16. The van der Waals surface area contributed by atoms with Crippen LogP contribution in [-0.2, 0) is 6.42 Å². The molecule has 1 saturated heterocycles. The lowest BCUT2D eigenvalue weighted by atomic mass is 9.99. The third kappa shape index (κ3) is 2.61. The molecule has 0 radical (unpaired) electrons. The number of aromatic carboxylic acids is 1. The van der Waals surface area contributed by atoms with Gasteiger partial charge in [-0.25, -0.2) is 9.78 Å². The monoisotopic (exact) mass is 276 g/mol. The molecule has 1 aliphatic heterocycles. The standard InChI is InChI=1S/C14H16N2O2S/c17-14(18)10-2-1-3-11-13(10)16-12(15-11)8-9-4-6-19-7-5-9/h1-3,9H,4-8H2,(H,15,16)(H,17,18). The number of nitrogens with one attached hydrogen (secondary N) is 1. The fourth-order valence-electron chi connectivity index (χ4n) is 2.58. The van der Waals surface area contributed by atoms with Crippen molar-refractivity contribution < 1.29 is 9.90 Å². The van der Waals surface area contributed by atoms with Crippen LogP contribution < -0.4 is 0 Å². The smallest absolute Gasteiger partial charge is 0.337 e. The van der Waals surface area contributed by atoms with Crippen molar-refractivity contribution in [3.63, 3.8) is 0 Å². The van der Waals surface area contributed by atoms with Crippen molar-refractivity contribution in [1.82, 2.24) is 9.97 Å². The van der Waals surface area contributed by atoms with Gasteiger partial charge in [0.1, 0.15) is 11.3 Å². The number of aromatic amines is 1. The quantitative estimate of drug-likeness (QED) is 0.904. The fraction of sp³-hybridized carbons (Fsp3) is 0.429. The number of carboxylic acid groups (broad SMARTS) is 1. The number of carboxylic acids is 1. The molecule has 0 spiro atoms. The van der Waals surface area contributed by atoms with E-state index in [-0.39, 0.29) is 5.56 Å². The summed E-state index contributed by atoms with van der Waals surface area (Å²) in [6.45, 7) is 0. The molecule has 0 aliphatic carbocycles. The first-order valence-electron chi connectivity index (χ1n) is 6.52. The zero-order valence-corrected chi connectivity index (χ0v) is 11.4. The molecule has 2 N–H and O–H groups in total. The van der Waals surface area contributed by atoms with E-state index in [0.717, 1.165) is 17.8 Å². The molecule has 1 fully saturated rings. The Hall–Kier alpha value is -1.49. The number of thioether (sulfide) groups is 1. The third-order valence-electron chi connectivity index (χ3n) is 3.62. The summed E-state index contributed by atoms with van der Waals surface area (Å²) in [5.41, 5.74) is 1.68. The zero-order valence-electron chi connectivity index (χ0n) is 10.6. The Morgan fingerprint density at radius 2 is 2.21 bits per heavy atom. The van der Waals surface area contributed by atoms with E-state index < -0.39 is 5.97 Å². The number of imidazole rings is 1. The second-order valence-electron chi connectivity index (χ2n) is 4.95. The molecule has 5 heteroatoms. The molecule has 0 bridgehead atoms. The minimum absolute atomic E-state index is 0.277. The van der Waals surface area contributed by atoms with Gasteiger partial charge >= 0.3 is 5.97 Å². The molecule has 2 heterocycles. The van der Waals surface area contributed by atoms with Crippen molar-refractivity contribution >= 4 is 28.8 Å². The van der Waals surface area contributed by atoms with Crippen LogP contribution in [0.5, 0.6) is 0 Å². The van der Waals surface area contributed by atoms with E-state index in [9.17, 15) is 4.79 Å². The molecule has 2 aromatic rings. The van der Waals surface area contributed by atoms with Gasteiger partial charge in [-0.3, -0.25) is 0 Å². The lowest BCUT2D eigenvalue weighted by Crippen LogP contribution is -2.12. The first-order chi connectivity index (χ1) is 9.24. The highest BCUT2D eigenvalue weighted by Gasteiger charge is 2.17. The molecule has 3 rings (SSSR count). The number of fused-ring (bicyclic) bond motifs is 1. The summed E-state index contributed by atoms with van der Waals surface area (Å²) in [4.78, 5) is 18.9. The normalized spacial score (nSPS) is 16.8. The second-order valence-corrected chi connectivity index (χ2v) is 6.18. The van der Waals surface area contributed by atoms with Gasteiger partial charge in [-0.05, 0) is 42.4 Å².